The van der Waals surface area contributed by atoms with E-state index in [4.69, 9.17) is 9.47 Å². The summed E-state index contributed by atoms with van der Waals surface area (Å²) in [6, 6.07) is 4.71. The van der Waals surface area contributed by atoms with Gasteiger partial charge in [-0.2, -0.15) is 0 Å². The molecule has 1 aromatic rings. The number of imide groups is 1. The summed E-state index contributed by atoms with van der Waals surface area (Å²) in [5.41, 5.74) is -0.181. The minimum atomic E-state index is -0.985. The number of hydrogen-bond acceptors (Lipinski definition) is 5. The van der Waals surface area contributed by atoms with E-state index in [0.29, 0.717) is 11.5 Å². The molecule has 0 saturated carbocycles. The van der Waals surface area contributed by atoms with Crippen molar-refractivity contribution >= 4 is 17.8 Å². The predicted octanol–water partition coefficient (Wildman–Crippen LogP) is 0.650. The van der Waals surface area contributed by atoms with Crippen molar-refractivity contribution in [2.45, 2.75) is 25.9 Å². The summed E-state index contributed by atoms with van der Waals surface area (Å²) in [4.78, 5) is 36.7. The van der Waals surface area contributed by atoms with Gasteiger partial charge in [0, 0.05) is 6.54 Å². The first-order chi connectivity index (χ1) is 11.3. The number of urea groups is 1. The van der Waals surface area contributed by atoms with Crippen LogP contribution < -0.4 is 20.1 Å². The summed E-state index contributed by atoms with van der Waals surface area (Å²) in [6.45, 7) is 3.11. The molecular weight excluding hydrogens is 314 g/mol. The number of rotatable bonds is 6. The van der Waals surface area contributed by atoms with Crippen LogP contribution in [0.1, 0.15) is 19.4 Å². The number of nitrogens with one attached hydrogen (secondary N) is 2. The molecule has 2 rings (SSSR count). The summed E-state index contributed by atoms with van der Waals surface area (Å²) in [5, 5.41) is 5.20. The molecule has 0 atom stereocenters. The van der Waals surface area contributed by atoms with Crippen LogP contribution in [-0.2, 0) is 16.1 Å². The zero-order valence-corrected chi connectivity index (χ0v) is 14.1. The standard InChI is InChI=1S/C16H21N3O5/c1-16(2)14(21)19(15(22)18-16)9-13(20)17-8-10-5-6-11(23-3)12(7-10)24-4/h5-7H,8-9H2,1-4H3,(H,17,20)(H,18,22). The van der Waals surface area contributed by atoms with Crippen molar-refractivity contribution in [1.29, 1.82) is 0 Å². The Kier molecular flexibility index (Phi) is 4.96. The van der Waals surface area contributed by atoms with Crippen molar-refractivity contribution in [2.24, 2.45) is 0 Å². The van der Waals surface area contributed by atoms with E-state index in [9.17, 15) is 14.4 Å². The Hall–Kier alpha value is -2.77. The van der Waals surface area contributed by atoms with Gasteiger partial charge in [-0.05, 0) is 31.5 Å². The van der Waals surface area contributed by atoms with Gasteiger partial charge in [-0.3, -0.25) is 14.5 Å². The molecule has 1 aromatic carbocycles. The third-order valence-corrected chi connectivity index (χ3v) is 3.68. The molecule has 0 spiro atoms. The Labute approximate surface area is 140 Å². The summed E-state index contributed by atoms with van der Waals surface area (Å²) in [6.07, 6.45) is 0. The van der Waals surface area contributed by atoms with E-state index in [1.807, 2.05) is 0 Å². The predicted molar refractivity (Wildman–Crippen MR) is 85.7 cm³/mol. The fourth-order valence-electron chi connectivity index (χ4n) is 2.35. The highest BCUT2D eigenvalue weighted by Gasteiger charge is 2.44. The van der Waals surface area contributed by atoms with E-state index in [2.05, 4.69) is 10.6 Å². The van der Waals surface area contributed by atoms with Crippen LogP contribution in [0, 0.1) is 0 Å². The van der Waals surface area contributed by atoms with Crippen LogP contribution in [0.4, 0.5) is 4.79 Å². The Bertz CT molecular complexity index is 672. The molecule has 8 heteroatoms. The highest BCUT2D eigenvalue weighted by atomic mass is 16.5. The number of carbonyl (C=O) groups is 3. The van der Waals surface area contributed by atoms with Gasteiger partial charge >= 0.3 is 6.03 Å². The first-order valence-electron chi connectivity index (χ1n) is 7.40. The quantitative estimate of drug-likeness (QED) is 0.744. The fraction of sp³-hybridized carbons (Fsp3) is 0.438. The largest absolute Gasteiger partial charge is 0.493 e. The number of benzene rings is 1. The highest BCUT2D eigenvalue weighted by Crippen LogP contribution is 2.27. The highest BCUT2D eigenvalue weighted by molar-refractivity contribution is 6.08. The molecule has 130 valence electrons. The summed E-state index contributed by atoms with van der Waals surface area (Å²) in [5.74, 6) is 0.300. The maximum Gasteiger partial charge on any atom is 0.325 e. The summed E-state index contributed by atoms with van der Waals surface area (Å²) >= 11 is 0. The number of carbonyl (C=O) groups excluding carboxylic acids is 3. The van der Waals surface area contributed by atoms with E-state index >= 15 is 0 Å². The summed E-state index contributed by atoms with van der Waals surface area (Å²) in [7, 11) is 3.07. The molecule has 24 heavy (non-hydrogen) atoms. The molecule has 1 aliphatic heterocycles. The smallest absolute Gasteiger partial charge is 0.325 e. The third-order valence-electron chi connectivity index (χ3n) is 3.68. The summed E-state index contributed by atoms with van der Waals surface area (Å²) < 4.78 is 10.3. The van der Waals surface area contributed by atoms with Gasteiger partial charge in [0.25, 0.3) is 5.91 Å². The van der Waals surface area contributed by atoms with Gasteiger partial charge in [-0.15, -0.1) is 0 Å². The van der Waals surface area contributed by atoms with E-state index in [-0.39, 0.29) is 13.1 Å². The van der Waals surface area contributed by atoms with Crippen LogP contribution in [0.5, 0.6) is 11.5 Å². The van der Waals surface area contributed by atoms with E-state index < -0.39 is 23.4 Å². The molecular formula is C16H21N3O5. The molecule has 0 bridgehead atoms. The lowest BCUT2D eigenvalue weighted by Gasteiger charge is -2.16. The van der Waals surface area contributed by atoms with Crippen molar-refractivity contribution in [1.82, 2.24) is 15.5 Å². The van der Waals surface area contributed by atoms with Crippen molar-refractivity contribution in [3.05, 3.63) is 23.8 Å². The van der Waals surface area contributed by atoms with Crippen molar-refractivity contribution in [3.63, 3.8) is 0 Å². The maximum absolute atomic E-state index is 12.0. The van der Waals surface area contributed by atoms with Gasteiger partial charge in [0.15, 0.2) is 11.5 Å². The van der Waals surface area contributed by atoms with Crippen molar-refractivity contribution < 1.29 is 23.9 Å². The second-order valence-electron chi connectivity index (χ2n) is 5.91. The second kappa shape index (κ2) is 6.77. The lowest BCUT2D eigenvalue weighted by molar-refractivity contribution is -0.134. The van der Waals surface area contributed by atoms with E-state index in [0.717, 1.165) is 10.5 Å². The van der Waals surface area contributed by atoms with Gasteiger partial charge in [0.2, 0.25) is 5.91 Å². The maximum atomic E-state index is 12.0. The van der Waals surface area contributed by atoms with Gasteiger partial charge in [0.1, 0.15) is 12.1 Å². The second-order valence-corrected chi connectivity index (χ2v) is 5.91. The molecule has 0 radical (unpaired) electrons. The molecule has 2 N–H and O–H groups in total. The first kappa shape index (κ1) is 17.6. The Morgan fingerprint density at radius 2 is 1.88 bits per heavy atom. The number of methoxy groups -OCH3 is 2. The number of ether oxygens (including phenoxy) is 2. The Morgan fingerprint density at radius 1 is 1.21 bits per heavy atom. The Morgan fingerprint density at radius 3 is 2.42 bits per heavy atom. The number of amides is 4. The van der Waals surface area contributed by atoms with Crippen molar-refractivity contribution in [3.8, 4) is 11.5 Å². The lowest BCUT2D eigenvalue weighted by atomic mass is 10.1. The third kappa shape index (κ3) is 3.58. The van der Waals surface area contributed by atoms with Gasteiger partial charge in [0.05, 0.1) is 14.2 Å². The molecule has 4 amide bonds. The number of nitrogens with zero attached hydrogens (tertiary/aromatic N) is 1. The van der Waals surface area contributed by atoms with Crippen LogP contribution in [-0.4, -0.2) is 49.0 Å². The van der Waals surface area contributed by atoms with Gasteiger partial charge < -0.3 is 20.1 Å². The van der Waals surface area contributed by atoms with Crippen LogP contribution in [0.25, 0.3) is 0 Å². The molecule has 0 aromatic heterocycles. The van der Waals surface area contributed by atoms with Gasteiger partial charge in [-0.25, -0.2) is 4.79 Å². The van der Waals surface area contributed by atoms with Crippen molar-refractivity contribution in [2.75, 3.05) is 20.8 Å². The molecule has 8 nitrogen and oxygen atoms in total. The zero-order chi connectivity index (χ0) is 17.9. The average Bonchev–Trinajstić information content (AvgIpc) is 2.74. The minimum absolute atomic E-state index is 0.242. The lowest BCUT2D eigenvalue weighted by Crippen LogP contribution is -2.43. The van der Waals surface area contributed by atoms with E-state index in [1.54, 1.807) is 39.2 Å². The molecule has 1 fully saturated rings. The zero-order valence-electron chi connectivity index (χ0n) is 14.1. The Balaban J connectivity index is 1.94. The fourth-order valence-corrected chi connectivity index (χ4v) is 2.35. The van der Waals surface area contributed by atoms with Crippen LogP contribution in [0.2, 0.25) is 0 Å². The molecule has 0 aliphatic carbocycles. The molecule has 0 unspecified atom stereocenters. The monoisotopic (exact) mass is 335 g/mol. The van der Waals surface area contributed by atoms with Crippen LogP contribution >= 0.6 is 0 Å². The first-order valence-corrected chi connectivity index (χ1v) is 7.40. The number of hydrogen-bond donors (Lipinski definition) is 2. The molecule has 1 saturated heterocycles. The van der Waals surface area contributed by atoms with Crippen LogP contribution in [0.15, 0.2) is 18.2 Å². The average molecular weight is 335 g/mol. The molecule has 1 aliphatic rings. The van der Waals surface area contributed by atoms with Crippen LogP contribution in [0.3, 0.4) is 0 Å². The SMILES string of the molecule is COc1ccc(CNC(=O)CN2C(=O)NC(C)(C)C2=O)cc1OC. The molecule has 1 heterocycles. The minimum Gasteiger partial charge on any atom is -0.493 e. The topological polar surface area (TPSA) is 97.0 Å². The van der Waals surface area contributed by atoms with E-state index in [1.165, 1.54) is 7.11 Å². The van der Waals surface area contributed by atoms with Gasteiger partial charge in [-0.1, -0.05) is 6.07 Å². The normalized spacial score (nSPS) is 15.9.